The molecule has 2 aromatic heterocycles. The molecule has 0 radical (unpaired) electrons. The maximum atomic E-state index is 13.1. The molecule has 1 aliphatic heterocycles. The molecule has 3 aromatic rings. The second-order valence-corrected chi connectivity index (χ2v) is 8.31. The van der Waals surface area contributed by atoms with E-state index in [0.717, 1.165) is 17.5 Å². The molecular weight excluding hydrogens is 418 g/mol. The lowest BCUT2D eigenvalue weighted by Gasteiger charge is -2.41. The highest BCUT2D eigenvalue weighted by molar-refractivity contribution is 6.30. The number of hydrogen-bond acceptors (Lipinski definition) is 6. The molecule has 1 saturated heterocycles. The molecule has 1 fully saturated rings. The van der Waals surface area contributed by atoms with Gasteiger partial charge in [0.25, 0.3) is 5.78 Å². The van der Waals surface area contributed by atoms with Crippen molar-refractivity contribution in [3.05, 3.63) is 59.1 Å². The van der Waals surface area contributed by atoms with E-state index in [2.05, 4.69) is 15.1 Å². The summed E-state index contributed by atoms with van der Waals surface area (Å²) in [6.07, 6.45) is 6.85. The molecule has 0 unspecified atom stereocenters. The highest BCUT2D eigenvalue weighted by atomic mass is 35.5. The van der Waals surface area contributed by atoms with E-state index in [0.29, 0.717) is 43.3 Å². The van der Waals surface area contributed by atoms with Gasteiger partial charge < -0.3 is 9.64 Å². The average Bonchev–Trinajstić information content (AvgIpc) is 3.22. The maximum absolute atomic E-state index is 13.1. The van der Waals surface area contributed by atoms with Gasteiger partial charge in [0, 0.05) is 30.5 Å². The first-order valence-corrected chi connectivity index (χ1v) is 10.7. The number of amides is 1. The number of aromatic nitrogens is 4. The summed E-state index contributed by atoms with van der Waals surface area (Å²) in [5.41, 5.74) is 0.906. The fraction of sp³-hybridized carbons (Fsp3) is 0.409. The number of halogens is 1. The molecule has 0 bridgehead atoms. The lowest BCUT2D eigenvalue weighted by atomic mass is 9.75. The monoisotopic (exact) mass is 441 g/mol. The van der Waals surface area contributed by atoms with Gasteiger partial charge in [-0.25, -0.2) is 9.50 Å². The largest absolute Gasteiger partial charge is 0.466 e. The summed E-state index contributed by atoms with van der Waals surface area (Å²) in [5, 5.41) is 4.69. The Labute approximate surface area is 185 Å². The molecule has 1 atom stereocenters. The molecule has 0 spiro atoms. The van der Waals surface area contributed by atoms with E-state index in [4.69, 9.17) is 16.3 Å². The normalized spacial score (nSPS) is 18.8. The van der Waals surface area contributed by atoms with Crippen LogP contribution in [0.1, 0.15) is 30.9 Å². The number of ether oxygens (including phenoxy) is 1. The van der Waals surface area contributed by atoms with Gasteiger partial charge >= 0.3 is 5.97 Å². The number of piperidine rings is 1. The third-order valence-corrected chi connectivity index (χ3v) is 5.85. The summed E-state index contributed by atoms with van der Waals surface area (Å²) >= 11 is 6.15. The fourth-order valence-electron chi connectivity index (χ4n) is 4.19. The minimum absolute atomic E-state index is 0.0549. The number of hydrogen-bond donors (Lipinski definition) is 0. The van der Waals surface area contributed by atoms with Gasteiger partial charge in [-0.1, -0.05) is 23.7 Å². The molecule has 0 saturated carbocycles. The summed E-state index contributed by atoms with van der Waals surface area (Å²) in [6.45, 7) is 3.02. The van der Waals surface area contributed by atoms with E-state index in [9.17, 15) is 9.59 Å². The zero-order valence-corrected chi connectivity index (χ0v) is 18.1. The van der Waals surface area contributed by atoms with Gasteiger partial charge in [0.15, 0.2) is 0 Å². The Morgan fingerprint density at radius 1 is 1.26 bits per heavy atom. The Morgan fingerprint density at radius 3 is 2.94 bits per heavy atom. The van der Waals surface area contributed by atoms with Gasteiger partial charge in [-0.2, -0.15) is 10.1 Å². The van der Waals surface area contributed by atoms with Crippen LogP contribution in [0.5, 0.6) is 0 Å². The number of rotatable bonds is 6. The quantitative estimate of drug-likeness (QED) is 0.546. The first-order chi connectivity index (χ1) is 15.0. The molecule has 1 aliphatic rings. The molecule has 1 aromatic carbocycles. The van der Waals surface area contributed by atoms with E-state index in [1.165, 1.54) is 6.33 Å². The first-order valence-electron chi connectivity index (χ1n) is 10.3. The van der Waals surface area contributed by atoms with Crippen molar-refractivity contribution in [1.29, 1.82) is 0 Å². The predicted molar refractivity (Wildman–Crippen MR) is 115 cm³/mol. The fourth-order valence-corrected chi connectivity index (χ4v) is 4.40. The van der Waals surface area contributed by atoms with E-state index in [1.807, 2.05) is 18.2 Å². The third-order valence-electron chi connectivity index (χ3n) is 5.61. The first kappa shape index (κ1) is 21.2. The van der Waals surface area contributed by atoms with Crippen molar-refractivity contribution < 1.29 is 14.3 Å². The highest BCUT2D eigenvalue weighted by Crippen LogP contribution is 2.36. The Kier molecular flexibility index (Phi) is 6.18. The second-order valence-electron chi connectivity index (χ2n) is 7.87. The summed E-state index contributed by atoms with van der Waals surface area (Å²) in [5.74, 6) is 0.163. The van der Waals surface area contributed by atoms with Gasteiger partial charge in [-0.05, 0) is 49.4 Å². The summed E-state index contributed by atoms with van der Waals surface area (Å²) in [7, 11) is 0. The summed E-state index contributed by atoms with van der Waals surface area (Å²) in [6, 6.07) is 7.49. The molecule has 31 heavy (non-hydrogen) atoms. The van der Waals surface area contributed by atoms with Crippen molar-refractivity contribution in [2.45, 2.75) is 32.6 Å². The van der Waals surface area contributed by atoms with Crippen LogP contribution in [-0.2, 0) is 27.2 Å². The lowest BCUT2D eigenvalue weighted by Crippen LogP contribution is -2.52. The van der Waals surface area contributed by atoms with Crippen molar-refractivity contribution in [3.8, 4) is 0 Å². The summed E-state index contributed by atoms with van der Waals surface area (Å²) in [4.78, 5) is 36.1. The number of esters is 1. The van der Waals surface area contributed by atoms with Crippen LogP contribution in [0, 0.1) is 5.41 Å². The minimum Gasteiger partial charge on any atom is -0.466 e. The van der Waals surface area contributed by atoms with Gasteiger partial charge in [-0.3, -0.25) is 9.59 Å². The van der Waals surface area contributed by atoms with Crippen molar-refractivity contribution in [1.82, 2.24) is 24.5 Å². The molecule has 162 valence electrons. The van der Waals surface area contributed by atoms with E-state index in [1.54, 1.807) is 34.8 Å². The third kappa shape index (κ3) is 4.69. The van der Waals surface area contributed by atoms with Crippen LogP contribution in [0.2, 0.25) is 5.02 Å². The van der Waals surface area contributed by atoms with Crippen LogP contribution in [0.25, 0.3) is 5.78 Å². The van der Waals surface area contributed by atoms with Crippen LogP contribution < -0.4 is 0 Å². The Balaban J connectivity index is 1.54. The van der Waals surface area contributed by atoms with E-state index < -0.39 is 5.41 Å². The molecular formula is C22H24ClN5O3. The van der Waals surface area contributed by atoms with Crippen molar-refractivity contribution in [2.24, 2.45) is 5.41 Å². The van der Waals surface area contributed by atoms with Crippen LogP contribution in [0.15, 0.2) is 43.0 Å². The predicted octanol–water partition coefficient (Wildman–Crippen LogP) is 2.73. The van der Waals surface area contributed by atoms with Gasteiger partial charge in [0.1, 0.15) is 6.33 Å². The average molecular weight is 442 g/mol. The van der Waals surface area contributed by atoms with Crippen LogP contribution >= 0.6 is 11.6 Å². The van der Waals surface area contributed by atoms with Gasteiger partial charge in [0.05, 0.1) is 18.4 Å². The highest BCUT2D eigenvalue weighted by Gasteiger charge is 2.44. The molecule has 1 amide bonds. The SMILES string of the molecule is CCOC(=O)[C@@]1(Cc2cccc(Cl)c2)CCCN(C(=O)Cc2cnc3ncnn3c2)C1. The van der Waals surface area contributed by atoms with Crippen LogP contribution in [-0.4, -0.2) is 56.1 Å². The van der Waals surface area contributed by atoms with Gasteiger partial charge in [0.2, 0.25) is 5.91 Å². The smallest absolute Gasteiger partial charge is 0.314 e. The van der Waals surface area contributed by atoms with Crippen molar-refractivity contribution >= 4 is 29.3 Å². The Hall–Kier alpha value is -3.00. The van der Waals surface area contributed by atoms with E-state index >= 15 is 0 Å². The number of nitrogens with zero attached hydrogens (tertiary/aromatic N) is 5. The minimum atomic E-state index is -0.789. The van der Waals surface area contributed by atoms with Crippen LogP contribution in [0.4, 0.5) is 0 Å². The number of carbonyl (C=O) groups is 2. The van der Waals surface area contributed by atoms with E-state index in [-0.39, 0.29) is 18.3 Å². The summed E-state index contributed by atoms with van der Waals surface area (Å²) < 4.78 is 6.98. The zero-order valence-electron chi connectivity index (χ0n) is 17.3. The molecule has 0 N–H and O–H groups in total. The second kappa shape index (κ2) is 9.01. The topological polar surface area (TPSA) is 89.7 Å². The molecule has 9 heteroatoms. The molecule has 4 rings (SSSR count). The Morgan fingerprint density at radius 2 is 2.13 bits per heavy atom. The van der Waals surface area contributed by atoms with Gasteiger partial charge in [-0.15, -0.1) is 0 Å². The lowest BCUT2D eigenvalue weighted by molar-refractivity contribution is -0.160. The standard InChI is InChI=1S/C22H24ClN5O3/c1-2-31-20(30)22(11-16-5-3-6-18(23)9-16)7-4-8-27(14-22)19(29)10-17-12-24-21-25-15-26-28(21)13-17/h3,5-6,9,12-13,15H,2,4,7-8,10-11,14H2,1H3/t22-/m1/s1. The maximum Gasteiger partial charge on any atom is 0.314 e. The molecule has 3 heterocycles. The van der Waals surface area contributed by atoms with Crippen molar-refractivity contribution in [3.63, 3.8) is 0 Å². The number of benzene rings is 1. The Bertz CT molecular complexity index is 1100. The number of fused-ring (bicyclic) bond motifs is 1. The molecule has 8 nitrogen and oxygen atoms in total. The van der Waals surface area contributed by atoms with Crippen LogP contribution in [0.3, 0.4) is 0 Å². The number of carbonyl (C=O) groups excluding carboxylic acids is 2. The molecule has 0 aliphatic carbocycles. The van der Waals surface area contributed by atoms with Crippen molar-refractivity contribution in [2.75, 3.05) is 19.7 Å². The zero-order chi connectivity index (χ0) is 21.8. The number of likely N-dealkylation sites (tertiary alicyclic amines) is 1.